The van der Waals surface area contributed by atoms with Gasteiger partial charge >= 0.3 is 5.69 Å². The standard InChI is InChI=1S/C16H17N3O5S/c1-25(23,24)14-9-5-8-13(15(14)19(21)22)17-10-11-18-16(20)12-6-3-2-4-7-12/h2-9,17H,10-11H2,1H3,(H,18,20). The highest BCUT2D eigenvalue weighted by Crippen LogP contribution is 2.31. The molecule has 0 aliphatic rings. The van der Waals surface area contributed by atoms with Crippen LogP contribution in [0.15, 0.2) is 53.4 Å². The van der Waals surface area contributed by atoms with Crippen molar-refractivity contribution in [3.8, 4) is 0 Å². The van der Waals surface area contributed by atoms with Gasteiger partial charge in [0.1, 0.15) is 10.6 Å². The zero-order valence-electron chi connectivity index (χ0n) is 13.4. The zero-order valence-corrected chi connectivity index (χ0v) is 14.2. The minimum Gasteiger partial charge on any atom is -0.378 e. The molecule has 9 heteroatoms. The number of rotatable bonds is 7. The van der Waals surface area contributed by atoms with E-state index >= 15 is 0 Å². The summed E-state index contributed by atoms with van der Waals surface area (Å²) < 4.78 is 23.4. The first kappa shape index (κ1) is 18.4. The number of carbonyl (C=O) groups excluding carboxylic acids is 1. The van der Waals surface area contributed by atoms with E-state index in [2.05, 4.69) is 10.6 Å². The quantitative estimate of drug-likeness (QED) is 0.440. The van der Waals surface area contributed by atoms with Crippen LogP contribution in [-0.2, 0) is 9.84 Å². The number of hydrogen-bond donors (Lipinski definition) is 2. The molecule has 0 spiro atoms. The Kier molecular flexibility index (Phi) is 5.71. The van der Waals surface area contributed by atoms with Crippen LogP contribution in [0.2, 0.25) is 0 Å². The van der Waals surface area contributed by atoms with Crippen LogP contribution >= 0.6 is 0 Å². The van der Waals surface area contributed by atoms with E-state index in [0.717, 1.165) is 6.26 Å². The number of sulfone groups is 1. The van der Waals surface area contributed by atoms with Crippen LogP contribution in [0.3, 0.4) is 0 Å². The van der Waals surface area contributed by atoms with Crippen LogP contribution < -0.4 is 10.6 Å². The maximum absolute atomic E-state index is 11.9. The van der Waals surface area contributed by atoms with E-state index in [1.165, 1.54) is 18.2 Å². The van der Waals surface area contributed by atoms with E-state index in [1.54, 1.807) is 30.3 Å². The Hall–Kier alpha value is -2.94. The van der Waals surface area contributed by atoms with Crippen molar-refractivity contribution >= 4 is 27.1 Å². The molecule has 8 nitrogen and oxygen atoms in total. The molecule has 0 heterocycles. The van der Waals surface area contributed by atoms with Gasteiger partial charge in [-0.3, -0.25) is 14.9 Å². The second-order valence-corrected chi connectivity index (χ2v) is 7.21. The number of hydrogen-bond acceptors (Lipinski definition) is 6. The summed E-state index contributed by atoms with van der Waals surface area (Å²) in [6.45, 7) is 0.417. The largest absolute Gasteiger partial charge is 0.378 e. The van der Waals surface area contributed by atoms with Crippen molar-refractivity contribution in [2.24, 2.45) is 0 Å². The molecule has 0 saturated carbocycles. The molecule has 0 aliphatic heterocycles. The molecule has 2 rings (SSSR count). The Morgan fingerprint density at radius 2 is 1.76 bits per heavy atom. The number of carbonyl (C=O) groups is 1. The number of nitrogens with one attached hydrogen (secondary N) is 2. The highest BCUT2D eigenvalue weighted by atomic mass is 32.2. The summed E-state index contributed by atoms with van der Waals surface area (Å²) in [5.74, 6) is -0.262. The van der Waals surface area contributed by atoms with Gasteiger partial charge in [0.15, 0.2) is 9.84 Å². The number of nitro benzene ring substituents is 1. The average molecular weight is 363 g/mol. The topological polar surface area (TPSA) is 118 Å². The second-order valence-electron chi connectivity index (χ2n) is 5.23. The molecule has 2 aromatic carbocycles. The van der Waals surface area contributed by atoms with Crippen LogP contribution in [0.1, 0.15) is 10.4 Å². The third kappa shape index (κ3) is 4.77. The summed E-state index contributed by atoms with van der Waals surface area (Å²) in [6.07, 6.45) is 0.916. The van der Waals surface area contributed by atoms with Gasteiger partial charge in [-0.05, 0) is 24.3 Å². The van der Waals surface area contributed by atoms with Crippen molar-refractivity contribution in [2.45, 2.75) is 4.90 Å². The van der Waals surface area contributed by atoms with Crippen molar-refractivity contribution in [1.82, 2.24) is 5.32 Å². The smallest absolute Gasteiger partial charge is 0.310 e. The predicted octanol–water partition coefficient (Wildman–Crippen LogP) is 1.84. The van der Waals surface area contributed by atoms with Gasteiger partial charge in [-0.15, -0.1) is 0 Å². The third-order valence-corrected chi connectivity index (χ3v) is 4.47. The van der Waals surface area contributed by atoms with Gasteiger partial charge in [-0.1, -0.05) is 24.3 Å². The van der Waals surface area contributed by atoms with Gasteiger partial charge in [-0.2, -0.15) is 0 Å². The van der Waals surface area contributed by atoms with Crippen molar-refractivity contribution in [1.29, 1.82) is 0 Å². The normalized spacial score (nSPS) is 10.9. The molecule has 0 aliphatic carbocycles. The molecule has 0 bridgehead atoms. The van der Waals surface area contributed by atoms with Crippen LogP contribution in [0.4, 0.5) is 11.4 Å². The molecule has 0 aromatic heterocycles. The van der Waals surface area contributed by atoms with Crippen LogP contribution in [-0.4, -0.2) is 38.6 Å². The summed E-state index contributed by atoms with van der Waals surface area (Å²) in [7, 11) is -3.73. The number of nitro groups is 1. The molecular formula is C16H17N3O5S. The highest BCUT2D eigenvalue weighted by molar-refractivity contribution is 7.90. The minimum absolute atomic E-state index is 0.0851. The molecule has 0 unspecified atom stereocenters. The minimum atomic E-state index is -3.73. The van der Waals surface area contributed by atoms with Crippen molar-refractivity contribution in [3.05, 3.63) is 64.2 Å². The Morgan fingerprint density at radius 1 is 1.08 bits per heavy atom. The van der Waals surface area contributed by atoms with Crippen LogP contribution in [0.5, 0.6) is 0 Å². The van der Waals surface area contributed by atoms with Gasteiger partial charge in [0, 0.05) is 24.9 Å². The first-order valence-electron chi connectivity index (χ1n) is 7.35. The van der Waals surface area contributed by atoms with Gasteiger partial charge in [0.05, 0.1) is 4.92 Å². The first-order valence-corrected chi connectivity index (χ1v) is 9.24. The Bertz CT molecular complexity index is 882. The monoisotopic (exact) mass is 363 g/mol. The molecule has 0 radical (unpaired) electrons. The molecule has 0 atom stereocenters. The van der Waals surface area contributed by atoms with E-state index in [1.807, 2.05) is 0 Å². The Morgan fingerprint density at radius 3 is 2.36 bits per heavy atom. The molecule has 2 N–H and O–H groups in total. The van der Waals surface area contributed by atoms with E-state index in [-0.39, 0.29) is 29.6 Å². The van der Waals surface area contributed by atoms with Crippen molar-refractivity contribution < 1.29 is 18.1 Å². The maximum Gasteiger partial charge on any atom is 0.310 e. The van der Waals surface area contributed by atoms with Crippen molar-refractivity contribution in [3.63, 3.8) is 0 Å². The fourth-order valence-corrected chi connectivity index (χ4v) is 3.08. The lowest BCUT2D eigenvalue weighted by molar-refractivity contribution is -0.386. The molecular weight excluding hydrogens is 346 g/mol. The summed E-state index contributed by atoms with van der Waals surface area (Å²) in [5.41, 5.74) is 0.0915. The number of benzene rings is 2. The van der Waals surface area contributed by atoms with E-state index in [4.69, 9.17) is 0 Å². The third-order valence-electron chi connectivity index (χ3n) is 3.34. The molecule has 0 fully saturated rings. The Balaban J connectivity index is 2.04. The fourth-order valence-electron chi connectivity index (χ4n) is 2.22. The van der Waals surface area contributed by atoms with Crippen molar-refractivity contribution in [2.75, 3.05) is 24.7 Å². The Labute approximate surface area is 144 Å². The lowest BCUT2D eigenvalue weighted by Crippen LogP contribution is -2.28. The average Bonchev–Trinajstić information content (AvgIpc) is 2.58. The zero-order chi connectivity index (χ0) is 18.4. The molecule has 1 amide bonds. The van der Waals surface area contributed by atoms with E-state index in [0.29, 0.717) is 5.56 Å². The van der Waals surface area contributed by atoms with Gasteiger partial charge in [0.2, 0.25) is 0 Å². The lowest BCUT2D eigenvalue weighted by atomic mass is 10.2. The van der Waals surface area contributed by atoms with E-state index < -0.39 is 20.4 Å². The first-order chi connectivity index (χ1) is 11.8. The van der Waals surface area contributed by atoms with Gasteiger partial charge in [0.25, 0.3) is 5.91 Å². The molecule has 132 valence electrons. The lowest BCUT2D eigenvalue weighted by Gasteiger charge is -2.10. The molecule has 2 aromatic rings. The number of para-hydroxylation sites is 1. The summed E-state index contributed by atoms with van der Waals surface area (Å²) in [6, 6.07) is 12.7. The summed E-state index contributed by atoms with van der Waals surface area (Å²) >= 11 is 0. The predicted molar refractivity (Wildman–Crippen MR) is 93.5 cm³/mol. The summed E-state index contributed by atoms with van der Waals surface area (Å²) in [5, 5.41) is 16.7. The van der Waals surface area contributed by atoms with Crippen LogP contribution in [0.25, 0.3) is 0 Å². The maximum atomic E-state index is 11.9. The number of anilines is 1. The summed E-state index contributed by atoms with van der Waals surface area (Å²) in [4.78, 5) is 22.1. The van der Waals surface area contributed by atoms with E-state index in [9.17, 15) is 23.3 Å². The van der Waals surface area contributed by atoms with Crippen LogP contribution in [0, 0.1) is 10.1 Å². The highest BCUT2D eigenvalue weighted by Gasteiger charge is 2.25. The number of nitrogens with zero attached hydrogens (tertiary/aromatic N) is 1. The molecule has 25 heavy (non-hydrogen) atoms. The second kappa shape index (κ2) is 7.75. The fraction of sp³-hybridized carbons (Fsp3) is 0.188. The molecule has 0 saturated heterocycles. The number of amides is 1. The van der Waals surface area contributed by atoms with Gasteiger partial charge < -0.3 is 10.6 Å². The SMILES string of the molecule is CS(=O)(=O)c1cccc(NCCNC(=O)c2ccccc2)c1[N+](=O)[O-]. The van der Waals surface area contributed by atoms with Gasteiger partial charge in [-0.25, -0.2) is 8.42 Å².